The van der Waals surface area contributed by atoms with Crippen LogP contribution in [0, 0.1) is 6.92 Å². The molecular weight excluding hydrogens is 308 g/mol. The van der Waals surface area contributed by atoms with Gasteiger partial charge in [-0.3, -0.25) is 0 Å². The van der Waals surface area contributed by atoms with Crippen molar-refractivity contribution < 1.29 is 24.5 Å². The Bertz CT molecular complexity index is 742. The van der Waals surface area contributed by atoms with E-state index in [0.29, 0.717) is 11.3 Å². The van der Waals surface area contributed by atoms with Crippen molar-refractivity contribution in [3.8, 4) is 5.75 Å². The Balaban J connectivity index is 1.96. The highest BCUT2D eigenvalue weighted by molar-refractivity contribution is 7.99. The standard InChI is InChI=1S/C15H16O6S/c1-7-5-11(17)21-14-8(7)3-2-4-10(14)20-15-13(19)12(18)9(16)6-22-15/h2-5,9,12-13,15-16,18-19H,6H2,1H3/t9-,12+,13-,15+/m1/s1. The van der Waals surface area contributed by atoms with Gasteiger partial charge in [0, 0.05) is 17.2 Å². The van der Waals surface area contributed by atoms with Gasteiger partial charge in [0.15, 0.2) is 16.8 Å². The van der Waals surface area contributed by atoms with E-state index in [1.165, 1.54) is 17.8 Å². The molecule has 1 aromatic heterocycles. The summed E-state index contributed by atoms with van der Waals surface area (Å²) in [5.41, 5.74) is -0.159. The normalized spacial score (nSPS) is 28.7. The molecule has 0 amide bonds. The minimum atomic E-state index is -1.27. The largest absolute Gasteiger partial charge is 0.473 e. The number of ether oxygens (including phenoxy) is 1. The Labute approximate surface area is 130 Å². The van der Waals surface area contributed by atoms with Crippen molar-refractivity contribution in [1.29, 1.82) is 0 Å². The molecular formula is C15H16O6S. The third kappa shape index (κ3) is 2.72. The minimum absolute atomic E-state index is 0.247. The maximum Gasteiger partial charge on any atom is 0.336 e. The molecule has 3 N–H and O–H groups in total. The SMILES string of the molecule is Cc1cc(=O)oc2c(O[C@H]3SC[C@@H](O)[C@H](O)[C@H]3O)cccc12. The van der Waals surface area contributed by atoms with Gasteiger partial charge in [-0.15, -0.1) is 11.8 Å². The highest BCUT2D eigenvalue weighted by Crippen LogP contribution is 2.33. The van der Waals surface area contributed by atoms with Crippen molar-refractivity contribution in [3.63, 3.8) is 0 Å². The summed E-state index contributed by atoms with van der Waals surface area (Å²) in [5.74, 6) is 0.565. The van der Waals surface area contributed by atoms with E-state index in [0.717, 1.165) is 10.9 Å². The highest BCUT2D eigenvalue weighted by Gasteiger charge is 2.38. The fourth-order valence-corrected chi connectivity index (χ4v) is 3.53. The Morgan fingerprint density at radius 1 is 1.27 bits per heavy atom. The van der Waals surface area contributed by atoms with E-state index < -0.39 is 29.4 Å². The van der Waals surface area contributed by atoms with Gasteiger partial charge >= 0.3 is 5.63 Å². The molecule has 2 heterocycles. The van der Waals surface area contributed by atoms with Gasteiger partial charge in [-0.05, 0) is 18.6 Å². The maximum atomic E-state index is 11.6. The molecule has 0 aliphatic carbocycles. The molecule has 0 bridgehead atoms. The fourth-order valence-electron chi connectivity index (χ4n) is 2.42. The number of para-hydroxylation sites is 1. The van der Waals surface area contributed by atoms with Crippen LogP contribution < -0.4 is 10.4 Å². The van der Waals surface area contributed by atoms with Crippen LogP contribution in [0.2, 0.25) is 0 Å². The van der Waals surface area contributed by atoms with Crippen molar-refractivity contribution in [2.45, 2.75) is 30.7 Å². The molecule has 0 spiro atoms. The Hall–Kier alpha value is -1.54. The lowest BCUT2D eigenvalue weighted by Gasteiger charge is -2.34. The number of hydrogen-bond acceptors (Lipinski definition) is 7. The van der Waals surface area contributed by atoms with Crippen LogP contribution >= 0.6 is 11.8 Å². The van der Waals surface area contributed by atoms with E-state index >= 15 is 0 Å². The van der Waals surface area contributed by atoms with E-state index in [4.69, 9.17) is 9.15 Å². The van der Waals surface area contributed by atoms with E-state index in [2.05, 4.69) is 0 Å². The summed E-state index contributed by atoms with van der Waals surface area (Å²) >= 11 is 1.19. The molecule has 1 aliphatic rings. The van der Waals surface area contributed by atoms with Crippen LogP contribution in [0.25, 0.3) is 11.0 Å². The average molecular weight is 324 g/mol. The van der Waals surface area contributed by atoms with Gasteiger partial charge in [0.2, 0.25) is 0 Å². The zero-order chi connectivity index (χ0) is 15.9. The van der Waals surface area contributed by atoms with Crippen LogP contribution in [-0.4, -0.2) is 44.8 Å². The number of hydrogen-bond donors (Lipinski definition) is 3. The number of rotatable bonds is 2. The number of aryl methyl sites for hydroxylation is 1. The Morgan fingerprint density at radius 3 is 2.82 bits per heavy atom. The lowest BCUT2D eigenvalue weighted by Crippen LogP contribution is -2.50. The summed E-state index contributed by atoms with van der Waals surface area (Å²) in [4.78, 5) is 11.6. The van der Waals surface area contributed by atoms with Gasteiger partial charge in [-0.2, -0.15) is 0 Å². The first-order chi connectivity index (χ1) is 10.5. The van der Waals surface area contributed by atoms with Crippen LogP contribution in [0.1, 0.15) is 5.56 Å². The molecule has 6 nitrogen and oxygen atoms in total. The number of aliphatic hydroxyl groups is 3. The molecule has 22 heavy (non-hydrogen) atoms. The second kappa shape index (κ2) is 5.92. The first-order valence-electron chi connectivity index (χ1n) is 6.83. The Morgan fingerprint density at radius 2 is 2.05 bits per heavy atom. The molecule has 4 atom stereocenters. The van der Waals surface area contributed by atoms with Gasteiger partial charge in [0.05, 0.1) is 6.10 Å². The van der Waals surface area contributed by atoms with Gasteiger partial charge < -0.3 is 24.5 Å². The zero-order valence-corrected chi connectivity index (χ0v) is 12.6. The van der Waals surface area contributed by atoms with Gasteiger partial charge in [0.25, 0.3) is 0 Å². The molecule has 1 aromatic carbocycles. The molecule has 0 saturated carbocycles. The smallest absolute Gasteiger partial charge is 0.336 e. The lowest BCUT2D eigenvalue weighted by molar-refractivity contribution is -0.0785. The summed E-state index contributed by atoms with van der Waals surface area (Å²) in [7, 11) is 0. The summed E-state index contributed by atoms with van der Waals surface area (Å²) in [6.07, 6.45) is -3.50. The third-order valence-electron chi connectivity index (χ3n) is 3.64. The number of aliphatic hydroxyl groups excluding tert-OH is 3. The van der Waals surface area contributed by atoms with Gasteiger partial charge in [-0.1, -0.05) is 12.1 Å². The molecule has 118 valence electrons. The van der Waals surface area contributed by atoms with Crippen molar-refractivity contribution in [1.82, 2.24) is 0 Å². The summed E-state index contributed by atoms with van der Waals surface area (Å²) in [6, 6.07) is 6.60. The van der Waals surface area contributed by atoms with Crippen LogP contribution in [0.5, 0.6) is 5.75 Å². The van der Waals surface area contributed by atoms with E-state index in [-0.39, 0.29) is 5.75 Å². The van der Waals surface area contributed by atoms with Crippen molar-refractivity contribution in [2.24, 2.45) is 0 Å². The number of benzene rings is 1. The molecule has 0 unspecified atom stereocenters. The van der Waals surface area contributed by atoms with E-state index in [9.17, 15) is 20.1 Å². The quantitative estimate of drug-likeness (QED) is 0.697. The van der Waals surface area contributed by atoms with Crippen LogP contribution in [0.15, 0.2) is 33.5 Å². The van der Waals surface area contributed by atoms with E-state index in [1.807, 2.05) is 6.07 Å². The summed E-state index contributed by atoms with van der Waals surface area (Å²) in [5, 5.41) is 30.0. The molecule has 1 aliphatic heterocycles. The molecule has 1 saturated heterocycles. The van der Waals surface area contributed by atoms with Crippen LogP contribution in [0.3, 0.4) is 0 Å². The molecule has 1 fully saturated rings. The Kier molecular flexibility index (Phi) is 4.14. The lowest BCUT2D eigenvalue weighted by atomic mass is 10.1. The topological polar surface area (TPSA) is 100 Å². The van der Waals surface area contributed by atoms with Crippen LogP contribution in [0.4, 0.5) is 0 Å². The second-order valence-electron chi connectivity index (χ2n) is 5.25. The summed E-state index contributed by atoms with van der Waals surface area (Å²) in [6.45, 7) is 1.80. The molecule has 2 aromatic rings. The first kappa shape index (κ1) is 15.4. The minimum Gasteiger partial charge on any atom is -0.473 e. The van der Waals surface area contributed by atoms with E-state index in [1.54, 1.807) is 19.1 Å². The molecule has 0 radical (unpaired) electrons. The average Bonchev–Trinajstić information content (AvgIpc) is 2.48. The predicted molar refractivity (Wildman–Crippen MR) is 82.1 cm³/mol. The fraction of sp³-hybridized carbons (Fsp3) is 0.400. The van der Waals surface area contributed by atoms with Crippen molar-refractivity contribution in [3.05, 3.63) is 40.2 Å². The predicted octanol–water partition coefficient (Wildman–Crippen LogP) is 0.636. The van der Waals surface area contributed by atoms with Gasteiger partial charge in [-0.25, -0.2) is 4.79 Å². The molecule has 3 rings (SSSR count). The second-order valence-corrected chi connectivity index (χ2v) is 6.38. The monoisotopic (exact) mass is 324 g/mol. The number of fused-ring (bicyclic) bond motifs is 1. The van der Waals surface area contributed by atoms with Gasteiger partial charge in [0.1, 0.15) is 12.2 Å². The highest BCUT2D eigenvalue weighted by atomic mass is 32.2. The number of thioether (sulfide) groups is 1. The summed E-state index contributed by atoms with van der Waals surface area (Å²) < 4.78 is 10.9. The first-order valence-corrected chi connectivity index (χ1v) is 7.88. The molecule has 7 heteroatoms. The maximum absolute atomic E-state index is 11.6. The van der Waals surface area contributed by atoms with Crippen LogP contribution in [-0.2, 0) is 0 Å². The zero-order valence-electron chi connectivity index (χ0n) is 11.8. The van der Waals surface area contributed by atoms with Crippen molar-refractivity contribution in [2.75, 3.05) is 5.75 Å². The van der Waals surface area contributed by atoms with Crippen molar-refractivity contribution >= 4 is 22.7 Å². The third-order valence-corrected chi connectivity index (χ3v) is 4.88.